The molecule has 1 aliphatic rings. The minimum Gasteiger partial charge on any atom is -0.348 e. The number of nitrogens with zero attached hydrogens (tertiary/aromatic N) is 2. The van der Waals surface area contributed by atoms with E-state index in [1.54, 1.807) is 6.33 Å². The molecule has 1 N–H and O–H groups in total. The number of halogens is 1. The summed E-state index contributed by atoms with van der Waals surface area (Å²) in [4.78, 5) is 20.7. The molecule has 5 heteroatoms. The second-order valence-corrected chi connectivity index (χ2v) is 6.79. The number of pyridine rings is 1. The van der Waals surface area contributed by atoms with Crippen LogP contribution in [0.5, 0.6) is 0 Å². The summed E-state index contributed by atoms with van der Waals surface area (Å²) in [6.45, 7) is 4.22. The monoisotopic (exact) mass is 357 g/mol. The minimum atomic E-state index is 0. The predicted octanol–water partition coefficient (Wildman–Crippen LogP) is 4.33. The summed E-state index contributed by atoms with van der Waals surface area (Å²) in [6, 6.07) is 6.22. The lowest BCUT2D eigenvalue weighted by molar-refractivity contribution is 0.0894. The molecule has 0 fully saturated rings. The lowest BCUT2D eigenvalue weighted by atomic mass is 9.82. The van der Waals surface area contributed by atoms with Crippen LogP contribution in [-0.4, -0.2) is 20.2 Å². The van der Waals surface area contributed by atoms with Gasteiger partial charge < -0.3 is 9.38 Å². The third kappa shape index (κ3) is 2.89. The highest BCUT2D eigenvalue weighted by Gasteiger charge is 2.33. The van der Waals surface area contributed by atoms with Gasteiger partial charge in [0.2, 0.25) is 0 Å². The number of carbonyl (C=O) groups is 1. The molecule has 3 heterocycles. The zero-order valence-corrected chi connectivity index (χ0v) is 15.5. The molecule has 4 rings (SSSR count). The van der Waals surface area contributed by atoms with Crippen molar-refractivity contribution in [1.29, 1.82) is 0 Å². The van der Waals surface area contributed by atoms with Crippen molar-refractivity contribution in [2.75, 3.05) is 0 Å². The number of Topliss-reactive ketones (excluding diaryl/α,β-unsaturated/α-hetero) is 1. The quantitative estimate of drug-likeness (QED) is 0.755. The van der Waals surface area contributed by atoms with Gasteiger partial charge in [0.1, 0.15) is 0 Å². The Morgan fingerprint density at radius 1 is 1.36 bits per heavy atom. The van der Waals surface area contributed by atoms with Gasteiger partial charge >= 0.3 is 0 Å². The number of aryl methyl sites for hydroxylation is 2. The van der Waals surface area contributed by atoms with Crippen molar-refractivity contribution in [2.45, 2.75) is 46.0 Å². The zero-order valence-electron chi connectivity index (χ0n) is 14.7. The average Bonchev–Trinajstić information content (AvgIpc) is 3.13. The normalized spacial score (nSPS) is 16.7. The van der Waals surface area contributed by atoms with Gasteiger partial charge in [0.05, 0.1) is 17.7 Å². The van der Waals surface area contributed by atoms with E-state index in [0.717, 1.165) is 49.2 Å². The van der Waals surface area contributed by atoms with Crippen molar-refractivity contribution in [3.8, 4) is 0 Å². The summed E-state index contributed by atoms with van der Waals surface area (Å²) in [5, 5.41) is 0. The van der Waals surface area contributed by atoms with Crippen molar-refractivity contribution in [3.05, 3.63) is 58.9 Å². The van der Waals surface area contributed by atoms with Crippen LogP contribution in [0.2, 0.25) is 0 Å². The van der Waals surface area contributed by atoms with Gasteiger partial charge in [0.15, 0.2) is 5.78 Å². The summed E-state index contributed by atoms with van der Waals surface area (Å²) < 4.78 is 2.12. The van der Waals surface area contributed by atoms with E-state index in [1.807, 2.05) is 19.2 Å². The number of ketones is 1. The maximum absolute atomic E-state index is 13.2. The topological polar surface area (TPSA) is 50.2 Å². The summed E-state index contributed by atoms with van der Waals surface area (Å²) in [5.41, 5.74) is 6.86. The van der Waals surface area contributed by atoms with Gasteiger partial charge in [-0.3, -0.25) is 4.79 Å². The number of aromatic nitrogens is 3. The largest absolute Gasteiger partial charge is 0.348 e. The lowest BCUT2D eigenvalue weighted by Crippen LogP contribution is -2.26. The molecule has 1 unspecified atom stereocenters. The first kappa shape index (κ1) is 17.7. The van der Waals surface area contributed by atoms with Crippen molar-refractivity contribution in [2.24, 2.45) is 5.92 Å². The summed E-state index contributed by atoms with van der Waals surface area (Å²) in [6.07, 6.45) is 8.54. The predicted molar refractivity (Wildman–Crippen MR) is 102 cm³/mol. The molecule has 4 nitrogen and oxygen atoms in total. The maximum Gasteiger partial charge on any atom is 0.183 e. The number of nitrogens with one attached hydrogen (secondary N) is 1. The Kier molecular flexibility index (Phi) is 5.00. The molecule has 0 aromatic carbocycles. The van der Waals surface area contributed by atoms with E-state index >= 15 is 0 Å². The number of fused-ring (bicyclic) bond motifs is 3. The van der Waals surface area contributed by atoms with Crippen LogP contribution in [0.1, 0.15) is 52.8 Å². The molecule has 3 aromatic rings. The van der Waals surface area contributed by atoms with Crippen LogP contribution in [0.15, 0.2) is 30.7 Å². The van der Waals surface area contributed by atoms with E-state index in [-0.39, 0.29) is 24.1 Å². The van der Waals surface area contributed by atoms with Gasteiger partial charge in [-0.15, -0.1) is 12.4 Å². The van der Waals surface area contributed by atoms with E-state index in [9.17, 15) is 4.79 Å². The fourth-order valence-electron chi connectivity index (χ4n) is 4.06. The van der Waals surface area contributed by atoms with Crippen LogP contribution >= 0.6 is 12.4 Å². The number of carbonyl (C=O) groups excluding carboxylic acids is 1. The van der Waals surface area contributed by atoms with Gasteiger partial charge in [-0.2, -0.15) is 0 Å². The van der Waals surface area contributed by atoms with Crippen LogP contribution in [0.4, 0.5) is 0 Å². The second kappa shape index (κ2) is 7.04. The molecular formula is C20H24ClN3O. The van der Waals surface area contributed by atoms with E-state index in [0.29, 0.717) is 0 Å². The molecule has 132 valence electrons. The van der Waals surface area contributed by atoms with E-state index < -0.39 is 0 Å². The number of hydrogen-bond donors (Lipinski definition) is 1. The fraction of sp³-hybridized carbons (Fsp3) is 0.400. The second-order valence-electron chi connectivity index (χ2n) is 6.79. The van der Waals surface area contributed by atoms with E-state index in [2.05, 4.69) is 33.4 Å². The molecule has 0 radical (unpaired) electrons. The number of hydrogen-bond acceptors (Lipinski definition) is 2. The molecule has 0 aliphatic heterocycles. The van der Waals surface area contributed by atoms with Gasteiger partial charge in [0, 0.05) is 29.7 Å². The molecule has 1 aliphatic carbocycles. The molecule has 0 saturated carbocycles. The SMILES string of the molecule is CCCc1c2c(n3ccccc13)C(=O)C(Cc1nc[nH]c1C)CC2.Cl. The van der Waals surface area contributed by atoms with Crippen molar-refractivity contribution in [3.63, 3.8) is 0 Å². The summed E-state index contributed by atoms with van der Waals surface area (Å²) >= 11 is 0. The van der Waals surface area contributed by atoms with Crippen LogP contribution in [-0.2, 0) is 19.3 Å². The lowest BCUT2D eigenvalue weighted by Gasteiger charge is -2.22. The molecule has 25 heavy (non-hydrogen) atoms. The van der Waals surface area contributed by atoms with Gasteiger partial charge in [-0.05, 0) is 49.4 Å². The Hall–Kier alpha value is -2.07. The first-order valence-electron chi connectivity index (χ1n) is 8.84. The zero-order chi connectivity index (χ0) is 16.7. The van der Waals surface area contributed by atoms with Crippen LogP contribution in [0.25, 0.3) is 5.52 Å². The Morgan fingerprint density at radius 2 is 2.20 bits per heavy atom. The smallest absolute Gasteiger partial charge is 0.183 e. The Balaban J connectivity index is 0.00000182. The number of rotatable bonds is 4. The van der Waals surface area contributed by atoms with Crippen LogP contribution in [0, 0.1) is 12.8 Å². The van der Waals surface area contributed by atoms with E-state index in [4.69, 9.17) is 0 Å². The highest BCUT2D eigenvalue weighted by atomic mass is 35.5. The molecule has 0 bridgehead atoms. The van der Waals surface area contributed by atoms with Crippen molar-refractivity contribution >= 4 is 23.7 Å². The Morgan fingerprint density at radius 3 is 2.92 bits per heavy atom. The molecule has 1 atom stereocenters. The maximum atomic E-state index is 13.2. The number of aromatic amines is 1. The highest BCUT2D eigenvalue weighted by molar-refractivity contribution is 6.01. The van der Waals surface area contributed by atoms with Gasteiger partial charge in [-0.1, -0.05) is 19.4 Å². The molecule has 0 amide bonds. The first-order chi connectivity index (χ1) is 11.7. The van der Waals surface area contributed by atoms with Gasteiger partial charge in [0.25, 0.3) is 0 Å². The minimum absolute atomic E-state index is 0. The third-order valence-corrected chi connectivity index (χ3v) is 5.28. The average molecular weight is 358 g/mol. The Labute approximate surface area is 154 Å². The fourth-order valence-corrected chi connectivity index (χ4v) is 4.06. The Bertz CT molecular complexity index is 909. The van der Waals surface area contributed by atoms with Crippen molar-refractivity contribution in [1.82, 2.24) is 14.4 Å². The highest BCUT2D eigenvalue weighted by Crippen LogP contribution is 2.34. The summed E-state index contributed by atoms with van der Waals surface area (Å²) in [7, 11) is 0. The number of imidazole rings is 1. The third-order valence-electron chi connectivity index (χ3n) is 5.28. The molecular weight excluding hydrogens is 334 g/mol. The molecule has 3 aromatic heterocycles. The summed E-state index contributed by atoms with van der Waals surface area (Å²) in [5.74, 6) is 0.314. The van der Waals surface area contributed by atoms with E-state index in [1.165, 1.54) is 16.6 Å². The van der Waals surface area contributed by atoms with Gasteiger partial charge in [-0.25, -0.2) is 4.98 Å². The first-order valence-corrected chi connectivity index (χ1v) is 8.84. The van der Waals surface area contributed by atoms with Crippen LogP contribution < -0.4 is 0 Å². The standard InChI is InChI=1S/C20H23N3O.ClH/c1-3-6-15-16-9-8-14(11-17-13(2)21-12-22-17)20(24)19(16)23-10-5-4-7-18(15)23;/h4-5,7,10,12,14H,3,6,8-9,11H2,1-2H3,(H,21,22);1H. The van der Waals surface area contributed by atoms with Crippen LogP contribution in [0.3, 0.4) is 0 Å². The van der Waals surface area contributed by atoms with Crippen molar-refractivity contribution < 1.29 is 4.79 Å². The molecule has 0 spiro atoms. The number of H-pyrrole nitrogens is 1. The molecule has 0 saturated heterocycles.